The number of hydrogen-bond donors (Lipinski definition) is 3. The molecule has 1 aliphatic heterocycles. The second-order valence-corrected chi connectivity index (χ2v) is 8.44. The number of methoxy groups -OCH3 is 1. The molecule has 1 fully saturated rings. The Morgan fingerprint density at radius 1 is 1.39 bits per heavy atom. The molecule has 2 atom stereocenters. The Bertz CT molecular complexity index is 871. The first-order valence-electron chi connectivity index (χ1n) is 9.50. The highest BCUT2D eigenvalue weighted by Crippen LogP contribution is 2.34. The predicted molar refractivity (Wildman–Crippen MR) is 106 cm³/mol. The van der Waals surface area contributed by atoms with Crippen LogP contribution in [0, 0.1) is 11.3 Å². The summed E-state index contributed by atoms with van der Waals surface area (Å²) < 4.78 is 5.23. The number of piperidine rings is 1. The van der Waals surface area contributed by atoms with Gasteiger partial charge in [-0.05, 0) is 42.4 Å². The van der Waals surface area contributed by atoms with Crippen molar-refractivity contribution in [2.24, 2.45) is 11.3 Å². The summed E-state index contributed by atoms with van der Waals surface area (Å²) in [5.41, 5.74) is 0.952. The van der Waals surface area contributed by atoms with Crippen LogP contribution < -0.4 is 10.1 Å². The number of rotatable bonds is 4. The highest BCUT2D eigenvalue weighted by atomic mass is 16.5. The molecular formula is C20H28N4O4. The van der Waals surface area contributed by atoms with Gasteiger partial charge < -0.3 is 20.1 Å². The number of benzene rings is 1. The van der Waals surface area contributed by atoms with Gasteiger partial charge in [-0.3, -0.25) is 9.89 Å². The summed E-state index contributed by atoms with van der Waals surface area (Å²) in [6, 6.07) is 5.35. The normalized spacial score (nSPS) is 20.2. The molecule has 0 bridgehead atoms. The maximum Gasteiger partial charge on any atom is 0.407 e. The minimum Gasteiger partial charge on any atom is -0.497 e. The Morgan fingerprint density at radius 3 is 2.79 bits per heavy atom. The third kappa shape index (κ3) is 4.05. The molecule has 0 aliphatic carbocycles. The van der Waals surface area contributed by atoms with E-state index in [1.165, 1.54) is 4.90 Å². The highest BCUT2D eigenvalue weighted by molar-refractivity contribution is 6.05. The van der Waals surface area contributed by atoms with Crippen LogP contribution in [0.1, 0.15) is 44.1 Å². The van der Waals surface area contributed by atoms with E-state index in [9.17, 15) is 14.7 Å². The molecule has 2 aromatic rings. The number of hydrogen-bond acceptors (Lipinski definition) is 4. The maximum absolute atomic E-state index is 12.7. The standard InChI is InChI=1S/C20H28N4O4/c1-20(2,3)16-9-12(7-8-24(16)19(26)27)11-21-18(25)17-14-10-13(28-4)5-6-15(14)22-23-17/h5-6,10,12,16H,7-9,11H2,1-4H3,(H,21,25)(H,22,23)(H,26,27). The zero-order valence-corrected chi connectivity index (χ0v) is 16.8. The molecule has 2 unspecified atom stereocenters. The SMILES string of the molecule is COc1ccc2[nH]nc(C(=O)NCC3CCN(C(=O)O)C(C(C)(C)C)C3)c2c1. The van der Waals surface area contributed by atoms with Gasteiger partial charge in [-0.15, -0.1) is 0 Å². The number of fused-ring (bicyclic) bond motifs is 1. The lowest BCUT2D eigenvalue weighted by Gasteiger charge is -2.44. The number of nitrogens with zero attached hydrogens (tertiary/aromatic N) is 2. The molecule has 1 aromatic heterocycles. The third-order valence-electron chi connectivity index (χ3n) is 5.49. The van der Waals surface area contributed by atoms with Gasteiger partial charge in [-0.25, -0.2) is 4.79 Å². The summed E-state index contributed by atoms with van der Waals surface area (Å²) in [5.74, 6) is 0.646. The second-order valence-electron chi connectivity index (χ2n) is 8.44. The number of aromatic amines is 1. The van der Waals surface area contributed by atoms with Gasteiger partial charge in [0.2, 0.25) is 0 Å². The van der Waals surface area contributed by atoms with Crippen LogP contribution in [-0.4, -0.2) is 58.4 Å². The van der Waals surface area contributed by atoms with Crippen LogP contribution in [0.25, 0.3) is 10.9 Å². The summed E-state index contributed by atoms with van der Waals surface area (Å²) in [7, 11) is 1.58. The molecule has 3 rings (SSSR count). The van der Waals surface area contributed by atoms with Crippen LogP contribution in [0.2, 0.25) is 0 Å². The van der Waals surface area contributed by atoms with Crippen molar-refractivity contribution in [3.8, 4) is 5.75 Å². The molecule has 1 saturated heterocycles. The van der Waals surface area contributed by atoms with Gasteiger partial charge in [0.15, 0.2) is 5.69 Å². The fourth-order valence-electron chi connectivity index (χ4n) is 3.89. The molecular weight excluding hydrogens is 360 g/mol. The van der Waals surface area contributed by atoms with Gasteiger partial charge >= 0.3 is 6.09 Å². The summed E-state index contributed by atoms with van der Waals surface area (Å²) in [6.45, 7) is 7.14. The van der Waals surface area contributed by atoms with E-state index in [0.717, 1.165) is 18.4 Å². The predicted octanol–water partition coefficient (Wildman–Crippen LogP) is 3.11. The number of carbonyl (C=O) groups is 2. The first-order chi connectivity index (χ1) is 13.2. The van der Waals surface area contributed by atoms with E-state index >= 15 is 0 Å². The number of ether oxygens (including phenoxy) is 1. The van der Waals surface area contributed by atoms with Crippen LogP contribution in [-0.2, 0) is 0 Å². The fraction of sp³-hybridized carbons (Fsp3) is 0.550. The van der Waals surface area contributed by atoms with E-state index < -0.39 is 6.09 Å². The van der Waals surface area contributed by atoms with Crippen LogP contribution >= 0.6 is 0 Å². The number of nitrogens with one attached hydrogen (secondary N) is 2. The van der Waals surface area contributed by atoms with Gasteiger partial charge in [0.05, 0.1) is 12.6 Å². The van der Waals surface area contributed by atoms with E-state index in [0.29, 0.717) is 29.9 Å². The molecule has 0 radical (unpaired) electrons. The maximum atomic E-state index is 12.7. The number of aromatic nitrogens is 2. The van der Waals surface area contributed by atoms with Crippen LogP contribution in [0.15, 0.2) is 18.2 Å². The molecule has 0 saturated carbocycles. The minimum atomic E-state index is -0.876. The van der Waals surface area contributed by atoms with E-state index in [-0.39, 0.29) is 23.3 Å². The van der Waals surface area contributed by atoms with Crippen LogP contribution in [0.3, 0.4) is 0 Å². The highest BCUT2D eigenvalue weighted by Gasteiger charge is 2.38. The summed E-state index contributed by atoms with van der Waals surface area (Å²) in [6.07, 6.45) is 0.582. The van der Waals surface area contributed by atoms with E-state index in [1.54, 1.807) is 13.2 Å². The van der Waals surface area contributed by atoms with Gasteiger partial charge in [0.25, 0.3) is 5.91 Å². The first-order valence-corrected chi connectivity index (χ1v) is 9.50. The Morgan fingerprint density at radius 2 is 2.14 bits per heavy atom. The van der Waals surface area contributed by atoms with E-state index in [2.05, 4.69) is 36.3 Å². The van der Waals surface area contributed by atoms with Crippen molar-refractivity contribution < 1.29 is 19.4 Å². The molecule has 152 valence electrons. The second kappa shape index (κ2) is 7.69. The summed E-state index contributed by atoms with van der Waals surface area (Å²) in [4.78, 5) is 25.8. The Kier molecular flexibility index (Phi) is 5.49. The van der Waals surface area contributed by atoms with Gasteiger partial charge in [0, 0.05) is 24.5 Å². The third-order valence-corrected chi connectivity index (χ3v) is 5.49. The van der Waals surface area contributed by atoms with Crippen molar-refractivity contribution in [2.45, 2.75) is 39.7 Å². The van der Waals surface area contributed by atoms with Gasteiger partial charge in [-0.2, -0.15) is 5.10 Å². The van der Waals surface area contributed by atoms with Crippen molar-refractivity contribution in [1.29, 1.82) is 0 Å². The summed E-state index contributed by atoms with van der Waals surface area (Å²) >= 11 is 0. The van der Waals surface area contributed by atoms with Gasteiger partial charge in [0.1, 0.15) is 5.75 Å². The number of likely N-dealkylation sites (tertiary alicyclic amines) is 1. The van der Waals surface area contributed by atoms with Crippen molar-refractivity contribution in [3.05, 3.63) is 23.9 Å². The quantitative estimate of drug-likeness (QED) is 0.746. The lowest BCUT2D eigenvalue weighted by atomic mass is 9.77. The van der Waals surface area contributed by atoms with Crippen LogP contribution in [0.4, 0.5) is 4.79 Å². The molecule has 0 spiro atoms. The average molecular weight is 388 g/mol. The zero-order valence-electron chi connectivity index (χ0n) is 16.8. The number of H-pyrrole nitrogens is 1. The molecule has 8 nitrogen and oxygen atoms in total. The minimum absolute atomic E-state index is 0.0730. The van der Waals surface area contributed by atoms with Gasteiger partial charge in [-0.1, -0.05) is 20.8 Å². The Hall–Kier alpha value is -2.77. The zero-order chi connectivity index (χ0) is 20.5. The lowest BCUT2D eigenvalue weighted by molar-refractivity contribution is 0.0402. The molecule has 1 aliphatic rings. The van der Waals surface area contributed by atoms with Crippen molar-refractivity contribution in [3.63, 3.8) is 0 Å². The fourth-order valence-corrected chi connectivity index (χ4v) is 3.89. The molecule has 2 heterocycles. The average Bonchev–Trinajstić information content (AvgIpc) is 3.08. The molecule has 28 heavy (non-hydrogen) atoms. The number of carboxylic acid groups (broad SMARTS) is 1. The molecule has 3 N–H and O–H groups in total. The molecule has 8 heteroatoms. The Labute approximate surface area is 164 Å². The lowest BCUT2D eigenvalue weighted by Crippen LogP contribution is -2.52. The molecule has 1 aromatic carbocycles. The number of amides is 2. The van der Waals surface area contributed by atoms with E-state index in [1.807, 2.05) is 12.1 Å². The van der Waals surface area contributed by atoms with E-state index in [4.69, 9.17) is 4.74 Å². The topological polar surface area (TPSA) is 108 Å². The molecule has 2 amide bonds. The first kappa shape index (κ1) is 20.0. The van der Waals surface area contributed by atoms with Crippen molar-refractivity contribution in [1.82, 2.24) is 20.4 Å². The number of carbonyl (C=O) groups excluding carboxylic acids is 1. The monoisotopic (exact) mass is 388 g/mol. The smallest absolute Gasteiger partial charge is 0.407 e. The largest absolute Gasteiger partial charge is 0.497 e. The van der Waals surface area contributed by atoms with Crippen molar-refractivity contribution >= 4 is 22.9 Å². The summed E-state index contributed by atoms with van der Waals surface area (Å²) in [5, 5.41) is 20.2. The Balaban J connectivity index is 1.67. The van der Waals surface area contributed by atoms with Crippen molar-refractivity contribution in [2.75, 3.05) is 20.2 Å². The van der Waals surface area contributed by atoms with Crippen LogP contribution in [0.5, 0.6) is 5.75 Å².